The minimum Gasteiger partial charge on any atom is -0.104 e. The molecule has 0 unspecified atom stereocenters. The molecule has 0 radical (unpaired) electrons. The Labute approximate surface area is 103 Å². The average Bonchev–Trinajstić information content (AvgIpc) is 2.24. The van der Waals surface area contributed by atoms with Crippen LogP contribution in [0.1, 0.15) is 44.6 Å². The Morgan fingerprint density at radius 1 is 1.19 bits per heavy atom. The Morgan fingerprint density at radius 3 is 2.38 bits per heavy atom. The van der Waals surface area contributed by atoms with Crippen molar-refractivity contribution in [3.8, 4) is 11.8 Å². The predicted molar refractivity (Wildman–Crippen MR) is 69.7 cm³/mol. The maximum Gasteiger partial charge on any atom is 0.0406 e. The summed E-state index contributed by atoms with van der Waals surface area (Å²) in [6.45, 7) is 2.10. The Balaban J connectivity index is 2.17. The SMILES string of the molecule is CCC#CCC1(c2ccc(Cl)cc2)CCC1. The summed E-state index contributed by atoms with van der Waals surface area (Å²) in [6, 6.07) is 8.30. The highest BCUT2D eigenvalue weighted by atomic mass is 35.5. The fourth-order valence-corrected chi connectivity index (χ4v) is 2.46. The van der Waals surface area contributed by atoms with E-state index in [0.29, 0.717) is 5.41 Å². The van der Waals surface area contributed by atoms with Crippen LogP contribution in [-0.4, -0.2) is 0 Å². The van der Waals surface area contributed by atoms with E-state index in [2.05, 4.69) is 30.9 Å². The lowest BCUT2D eigenvalue weighted by molar-refractivity contribution is 0.250. The minimum absolute atomic E-state index is 0.326. The molecule has 1 aliphatic carbocycles. The van der Waals surface area contributed by atoms with E-state index < -0.39 is 0 Å². The minimum atomic E-state index is 0.326. The third-order valence-electron chi connectivity index (χ3n) is 3.50. The lowest BCUT2D eigenvalue weighted by atomic mass is 9.63. The van der Waals surface area contributed by atoms with Crippen LogP contribution in [0.2, 0.25) is 5.02 Å². The molecule has 0 bridgehead atoms. The molecule has 2 rings (SSSR count). The number of hydrogen-bond acceptors (Lipinski definition) is 0. The zero-order valence-electron chi connectivity index (χ0n) is 9.72. The lowest BCUT2D eigenvalue weighted by Gasteiger charge is -2.41. The number of hydrogen-bond donors (Lipinski definition) is 0. The smallest absolute Gasteiger partial charge is 0.0406 e. The van der Waals surface area contributed by atoms with Crippen LogP contribution in [0.4, 0.5) is 0 Å². The average molecular weight is 233 g/mol. The maximum absolute atomic E-state index is 5.92. The van der Waals surface area contributed by atoms with Gasteiger partial charge in [0.15, 0.2) is 0 Å². The van der Waals surface area contributed by atoms with Gasteiger partial charge in [0, 0.05) is 23.3 Å². The van der Waals surface area contributed by atoms with Crippen molar-refractivity contribution in [3.05, 3.63) is 34.9 Å². The molecule has 0 aromatic heterocycles. The molecule has 1 fully saturated rings. The number of benzene rings is 1. The van der Waals surface area contributed by atoms with Gasteiger partial charge in [0.05, 0.1) is 0 Å². The van der Waals surface area contributed by atoms with Gasteiger partial charge in [-0.3, -0.25) is 0 Å². The van der Waals surface area contributed by atoms with Gasteiger partial charge in [-0.1, -0.05) is 37.1 Å². The van der Waals surface area contributed by atoms with Crippen LogP contribution in [0, 0.1) is 11.8 Å². The van der Waals surface area contributed by atoms with Crippen molar-refractivity contribution in [1.82, 2.24) is 0 Å². The van der Waals surface area contributed by atoms with Crippen LogP contribution in [0.25, 0.3) is 0 Å². The second-order valence-electron chi connectivity index (χ2n) is 4.52. The first-order valence-electron chi connectivity index (χ1n) is 5.99. The van der Waals surface area contributed by atoms with Gasteiger partial charge in [0.25, 0.3) is 0 Å². The van der Waals surface area contributed by atoms with Crippen LogP contribution >= 0.6 is 11.6 Å². The second-order valence-corrected chi connectivity index (χ2v) is 4.96. The molecule has 0 spiro atoms. The van der Waals surface area contributed by atoms with Crippen molar-refractivity contribution in [3.63, 3.8) is 0 Å². The van der Waals surface area contributed by atoms with E-state index in [1.165, 1.54) is 24.8 Å². The van der Waals surface area contributed by atoms with E-state index in [4.69, 9.17) is 11.6 Å². The molecule has 1 saturated carbocycles. The van der Waals surface area contributed by atoms with Crippen LogP contribution < -0.4 is 0 Å². The highest BCUT2D eigenvalue weighted by molar-refractivity contribution is 6.30. The number of rotatable bonds is 2. The summed E-state index contributed by atoms with van der Waals surface area (Å²) in [4.78, 5) is 0. The van der Waals surface area contributed by atoms with Crippen LogP contribution in [0.15, 0.2) is 24.3 Å². The Kier molecular flexibility index (Phi) is 3.56. The first kappa shape index (κ1) is 11.6. The highest BCUT2D eigenvalue weighted by Gasteiger charge is 2.37. The summed E-state index contributed by atoms with van der Waals surface area (Å²) in [5.74, 6) is 6.49. The van der Waals surface area contributed by atoms with Crippen molar-refractivity contribution in [1.29, 1.82) is 0 Å². The fourth-order valence-electron chi connectivity index (χ4n) is 2.33. The summed E-state index contributed by atoms with van der Waals surface area (Å²) in [5.41, 5.74) is 1.74. The van der Waals surface area contributed by atoms with Crippen LogP contribution in [0.5, 0.6) is 0 Å². The molecule has 1 aromatic carbocycles. The lowest BCUT2D eigenvalue weighted by Crippen LogP contribution is -2.33. The molecule has 0 N–H and O–H groups in total. The molecule has 16 heavy (non-hydrogen) atoms. The van der Waals surface area contributed by atoms with Crippen molar-refractivity contribution in [2.24, 2.45) is 0 Å². The third kappa shape index (κ3) is 2.25. The Morgan fingerprint density at radius 2 is 1.88 bits per heavy atom. The van der Waals surface area contributed by atoms with Crippen molar-refractivity contribution < 1.29 is 0 Å². The molecule has 0 saturated heterocycles. The highest BCUT2D eigenvalue weighted by Crippen LogP contribution is 2.46. The summed E-state index contributed by atoms with van der Waals surface area (Å²) in [6.07, 6.45) is 5.83. The zero-order chi connectivity index (χ0) is 11.4. The molecule has 0 nitrogen and oxygen atoms in total. The zero-order valence-corrected chi connectivity index (χ0v) is 10.5. The van der Waals surface area contributed by atoms with E-state index >= 15 is 0 Å². The summed E-state index contributed by atoms with van der Waals surface area (Å²) in [7, 11) is 0. The van der Waals surface area contributed by atoms with Crippen molar-refractivity contribution in [2.75, 3.05) is 0 Å². The van der Waals surface area contributed by atoms with Gasteiger partial charge in [0.2, 0.25) is 0 Å². The largest absolute Gasteiger partial charge is 0.104 e. The van der Waals surface area contributed by atoms with Gasteiger partial charge in [-0.05, 0) is 30.5 Å². The first-order chi connectivity index (χ1) is 7.77. The molecule has 1 aromatic rings. The fraction of sp³-hybridized carbons (Fsp3) is 0.467. The van der Waals surface area contributed by atoms with Gasteiger partial charge in [0.1, 0.15) is 0 Å². The van der Waals surface area contributed by atoms with Crippen LogP contribution in [-0.2, 0) is 5.41 Å². The van der Waals surface area contributed by atoms with E-state index in [1.54, 1.807) is 0 Å². The normalized spacial score (nSPS) is 17.1. The maximum atomic E-state index is 5.92. The molecule has 84 valence electrons. The van der Waals surface area contributed by atoms with Crippen molar-refractivity contribution >= 4 is 11.6 Å². The van der Waals surface area contributed by atoms with Gasteiger partial charge in [-0.2, -0.15) is 0 Å². The molecule has 1 heteroatoms. The Hall–Kier alpha value is -0.930. The molecular formula is C15H17Cl. The topological polar surface area (TPSA) is 0 Å². The van der Waals surface area contributed by atoms with E-state index in [1.807, 2.05) is 12.1 Å². The molecule has 0 aliphatic heterocycles. The summed E-state index contributed by atoms with van der Waals surface area (Å²) < 4.78 is 0. The Bertz CT molecular complexity index is 401. The molecule has 1 aliphatic rings. The summed E-state index contributed by atoms with van der Waals surface area (Å²) >= 11 is 5.92. The quantitative estimate of drug-likeness (QED) is 0.656. The second kappa shape index (κ2) is 4.93. The molecular weight excluding hydrogens is 216 g/mol. The van der Waals surface area contributed by atoms with E-state index in [0.717, 1.165) is 17.9 Å². The third-order valence-corrected chi connectivity index (χ3v) is 3.75. The molecule has 0 atom stereocenters. The number of halogens is 1. The van der Waals surface area contributed by atoms with Gasteiger partial charge in [-0.15, -0.1) is 11.8 Å². The monoisotopic (exact) mass is 232 g/mol. The predicted octanol–water partition coefficient (Wildman–Crippen LogP) is 4.57. The van der Waals surface area contributed by atoms with Crippen LogP contribution in [0.3, 0.4) is 0 Å². The van der Waals surface area contributed by atoms with Crippen molar-refractivity contribution in [2.45, 2.75) is 44.4 Å². The van der Waals surface area contributed by atoms with E-state index in [9.17, 15) is 0 Å². The van der Waals surface area contributed by atoms with Gasteiger partial charge in [-0.25, -0.2) is 0 Å². The van der Waals surface area contributed by atoms with Gasteiger partial charge >= 0.3 is 0 Å². The first-order valence-corrected chi connectivity index (χ1v) is 6.36. The summed E-state index contributed by atoms with van der Waals surface area (Å²) in [5, 5.41) is 0.817. The molecule has 0 amide bonds. The standard InChI is InChI=1S/C15H17Cl/c1-2-3-4-10-15(11-5-12-15)13-6-8-14(16)9-7-13/h6-9H,2,5,10-12H2,1H3. The van der Waals surface area contributed by atoms with E-state index in [-0.39, 0.29) is 0 Å². The molecule has 0 heterocycles. The van der Waals surface area contributed by atoms with Gasteiger partial charge < -0.3 is 0 Å².